The van der Waals surface area contributed by atoms with Crippen molar-refractivity contribution in [1.82, 2.24) is 0 Å². The molecule has 1 aromatic rings. The fourth-order valence-corrected chi connectivity index (χ4v) is 1.74. The van der Waals surface area contributed by atoms with Crippen molar-refractivity contribution >= 4 is 11.6 Å². The molecule has 1 atom stereocenters. The Balaban J connectivity index is 2.81. The molecule has 0 aliphatic heterocycles. The first kappa shape index (κ1) is 14.7. The van der Waals surface area contributed by atoms with Gasteiger partial charge in [0.15, 0.2) is 0 Å². The number of unbranched alkanes of at least 4 members (excludes halogenated alkanes) is 1. The summed E-state index contributed by atoms with van der Waals surface area (Å²) in [6.07, 6.45) is 2.00. The fraction of sp³-hybridized carbons (Fsp3) is 0.500. The molecule has 0 radical (unpaired) electrons. The minimum atomic E-state index is -0.605. The van der Waals surface area contributed by atoms with Crippen molar-refractivity contribution in [3.8, 4) is 0 Å². The van der Waals surface area contributed by atoms with E-state index in [0.717, 1.165) is 18.5 Å². The summed E-state index contributed by atoms with van der Waals surface area (Å²) in [5, 5.41) is 0. The van der Waals surface area contributed by atoms with E-state index in [0.29, 0.717) is 6.54 Å². The molecule has 0 aliphatic carbocycles. The molecule has 1 aromatic carbocycles. The molecule has 0 heterocycles. The molecular formula is C14H22N2O2. The highest BCUT2D eigenvalue weighted by Crippen LogP contribution is 2.15. The van der Waals surface area contributed by atoms with Crippen LogP contribution in [-0.2, 0) is 9.53 Å². The van der Waals surface area contributed by atoms with Crippen molar-refractivity contribution in [2.45, 2.75) is 25.8 Å². The lowest BCUT2D eigenvalue weighted by atomic mass is 10.2. The summed E-state index contributed by atoms with van der Waals surface area (Å²) in [4.78, 5) is 14.0. The molecule has 1 rings (SSSR count). The number of methoxy groups -OCH3 is 1. The van der Waals surface area contributed by atoms with Crippen molar-refractivity contribution in [3.05, 3.63) is 30.3 Å². The summed E-state index contributed by atoms with van der Waals surface area (Å²) in [5.74, 6) is -0.0866. The number of nitrogens with zero attached hydrogens (tertiary/aromatic N) is 1. The molecule has 100 valence electrons. The first-order valence-corrected chi connectivity index (χ1v) is 6.31. The number of carbonyl (C=O) groups excluding carboxylic acids is 1. The van der Waals surface area contributed by atoms with Gasteiger partial charge in [-0.15, -0.1) is 0 Å². The molecule has 1 unspecified atom stereocenters. The van der Waals surface area contributed by atoms with E-state index in [-0.39, 0.29) is 12.5 Å². The van der Waals surface area contributed by atoms with Gasteiger partial charge in [0.25, 0.3) is 0 Å². The molecule has 4 heteroatoms. The average molecular weight is 250 g/mol. The zero-order valence-electron chi connectivity index (χ0n) is 11.1. The van der Waals surface area contributed by atoms with Gasteiger partial charge in [0.1, 0.15) is 6.04 Å². The molecule has 0 saturated heterocycles. The van der Waals surface area contributed by atoms with Crippen LogP contribution in [0, 0.1) is 0 Å². The lowest BCUT2D eigenvalue weighted by Gasteiger charge is -2.25. The maximum atomic E-state index is 12.3. The van der Waals surface area contributed by atoms with Gasteiger partial charge in [0.2, 0.25) is 5.91 Å². The Morgan fingerprint density at radius 2 is 2.06 bits per heavy atom. The second-order valence-electron chi connectivity index (χ2n) is 4.24. The lowest BCUT2D eigenvalue weighted by molar-refractivity contribution is -0.120. The van der Waals surface area contributed by atoms with Crippen LogP contribution in [0.3, 0.4) is 0 Å². The van der Waals surface area contributed by atoms with E-state index in [2.05, 4.69) is 6.92 Å². The third-order valence-corrected chi connectivity index (χ3v) is 2.73. The van der Waals surface area contributed by atoms with Crippen LogP contribution in [0.25, 0.3) is 0 Å². The average Bonchev–Trinajstić information content (AvgIpc) is 2.40. The van der Waals surface area contributed by atoms with Gasteiger partial charge in [-0.2, -0.15) is 0 Å². The van der Waals surface area contributed by atoms with E-state index in [4.69, 9.17) is 10.5 Å². The zero-order valence-corrected chi connectivity index (χ0v) is 11.1. The standard InChI is InChI=1S/C14H22N2O2/c1-3-4-10-16(12-8-6-5-7-9-12)14(17)13(15)11-18-2/h5-9,13H,3-4,10-11,15H2,1-2H3. The monoisotopic (exact) mass is 250 g/mol. The van der Waals surface area contributed by atoms with Crippen molar-refractivity contribution < 1.29 is 9.53 Å². The SMILES string of the molecule is CCCCN(C(=O)C(N)COC)c1ccccc1. The van der Waals surface area contributed by atoms with Crippen molar-refractivity contribution in [1.29, 1.82) is 0 Å². The van der Waals surface area contributed by atoms with Crippen molar-refractivity contribution in [3.63, 3.8) is 0 Å². The summed E-state index contributed by atoms with van der Waals surface area (Å²) >= 11 is 0. The lowest BCUT2D eigenvalue weighted by Crippen LogP contribution is -2.46. The molecule has 0 aliphatic rings. The second-order valence-corrected chi connectivity index (χ2v) is 4.24. The number of ether oxygens (including phenoxy) is 1. The topological polar surface area (TPSA) is 55.6 Å². The van der Waals surface area contributed by atoms with Crippen LogP contribution < -0.4 is 10.6 Å². The Kier molecular flexibility index (Phi) is 6.39. The van der Waals surface area contributed by atoms with Crippen molar-refractivity contribution in [2.24, 2.45) is 5.73 Å². The number of nitrogens with two attached hydrogens (primary N) is 1. The van der Waals surface area contributed by atoms with E-state index < -0.39 is 6.04 Å². The van der Waals surface area contributed by atoms with Gasteiger partial charge in [-0.05, 0) is 18.6 Å². The van der Waals surface area contributed by atoms with Gasteiger partial charge in [-0.3, -0.25) is 4.79 Å². The first-order chi connectivity index (χ1) is 8.70. The van der Waals surface area contributed by atoms with E-state index in [1.54, 1.807) is 12.0 Å². The fourth-order valence-electron chi connectivity index (χ4n) is 1.74. The van der Waals surface area contributed by atoms with Crippen LogP contribution in [0.5, 0.6) is 0 Å². The zero-order chi connectivity index (χ0) is 13.4. The van der Waals surface area contributed by atoms with Gasteiger partial charge in [0.05, 0.1) is 6.61 Å². The van der Waals surface area contributed by atoms with Crippen LogP contribution in [0.15, 0.2) is 30.3 Å². The Labute approximate surface area is 109 Å². The normalized spacial score (nSPS) is 12.2. The maximum Gasteiger partial charge on any atom is 0.246 e. The third kappa shape index (κ3) is 4.13. The summed E-state index contributed by atoms with van der Waals surface area (Å²) < 4.78 is 4.94. The summed E-state index contributed by atoms with van der Waals surface area (Å²) in [6.45, 7) is 3.04. The number of benzene rings is 1. The molecule has 0 saturated carbocycles. The van der Waals surface area contributed by atoms with E-state index in [1.165, 1.54) is 0 Å². The summed E-state index contributed by atoms with van der Waals surface area (Å²) in [7, 11) is 1.55. The van der Waals surface area contributed by atoms with E-state index >= 15 is 0 Å². The smallest absolute Gasteiger partial charge is 0.246 e. The number of carbonyl (C=O) groups is 1. The largest absolute Gasteiger partial charge is 0.383 e. The quantitative estimate of drug-likeness (QED) is 0.802. The number of hydrogen-bond donors (Lipinski definition) is 1. The van der Waals surface area contributed by atoms with E-state index in [1.807, 2.05) is 30.3 Å². The number of rotatable bonds is 7. The molecule has 0 spiro atoms. The predicted octanol–water partition coefficient (Wildman–Crippen LogP) is 1.79. The van der Waals surface area contributed by atoms with Gasteiger partial charge in [0, 0.05) is 19.3 Å². The van der Waals surface area contributed by atoms with Crippen LogP contribution in [0.4, 0.5) is 5.69 Å². The second kappa shape index (κ2) is 7.84. The van der Waals surface area contributed by atoms with Crippen LogP contribution >= 0.6 is 0 Å². The molecule has 0 aromatic heterocycles. The molecule has 4 nitrogen and oxygen atoms in total. The first-order valence-electron chi connectivity index (χ1n) is 6.31. The third-order valence-electron chi connectivity index (χ3n) is 2.73. The molecular weight excluding hydrogens is 228 g/mol. The predicted molar refractivity (Wildman–Crippen MR) is 73.6 cm³/mol. The molecule has 0 bridgehead atoms. The van der Waals surface area contributed by atoms with Gasteiger partial charge < -0.3 is 15.4 Å². The van der Waals surface area contributed by atoms with Gasteiger partial charge >= 0.3 is 0 Å². The number of anilines is 1. The van der Waals surface area contributed by atoms with Crippen LogP contribution in [-0.4, -0.2) is 32.2 Å². The minimum absolute atomic E-state index is 0.0866. The Morgan fingerprint density at radius 1 is 1.39 bits per heavy atom. The summed E-state index contributed by atoms with van der Waals surface area (Å²) in [5.41, 5.74) is 6.71. The van der Waals surface area contributed by atoms with Gasteiger partial charge in [-0.25, -0.2) is 0 Å². The molecule has 2 N–H and O–H groups in total. The number of hydrogen-bond acceptors (Lipinski definition) is 3. The minimum Gasteiger partial charge on any atom is -0.383 e. The highest BCUT2D eigenvalue weighted by molar-refractivity contribution is 5.97. The molecule has 1 amide bonds. The summed E-state index contributed by atoms with van der Waals surface area (Å²) in [6, 6.07) is 9.01. The number of para-hydroxylation sites is 1. The molecule has 0 fully saturated rings. The Bertz CT molecular complexity index is 354. The Hall–Kier alpha value is -1.39. The van der Waals surface area contributed by atoms with Gasteiger partial charge in [-0.1, -0.05) is 31.5 Å². The number of amides is 1. The highest BCUT2D eigenvalue weighted by atomic mass is 16.5. The van der Waals surface area contributed by atoms with Crippen LogP contribution in [0.2, 0.25) is 0 Å². The highest BCUT2D eigenvalue weighted by Gasteiger charge is 2.21. The van der Waals surface area contributed by atoms with Crippen molar-refractivity contribution in [2.75, 3.05) is 25.2 Å². The van der Waals surface area contributed by atoms with E-state index in [9.17, 15) is 4.79 Å². The Morgan fingerprint density at radius 3 is 2.61 bits per heavy atom. The molecule has 18 heavy (non-hydrogen) atoms. The maximum absolute atomic E-state index is 12.3. The van der Waals surface area contributed by atoms with Crippen LogP contribution in [0.1, 0.15) is 19.8 Å².